The number of nitrogens with one attached hydrogen (secondary N) is 2. The van der Waals surface area contributed by atoms with Gasteiger partial charge in [-0.2, -0.15) is 18.2 Å². The molecule has 0 spiro atoms. The molecule has 2 N–H and O–H groups in total. The van der Waals surface area contributed by atoms with E-state index in [9.17, 15) is 13.2 Å². The molecule has 0 bridgehead atoms. The fourth-order valence-corrected chi connectivity index (χ4v) is 3.01. The largest absolute Gasteiger partial charge is 0.494 e. The maximum Gasteiger partial charge on any atom is 0.421 e. The lowest BCUT2D eigenvalue weighted by atomic mass is 10.0. The third kappa shape index (κ3) is 6.34. The fourth-order valence-electron chi connectivity index (χ4n) is 3.01. The Morgan fingerprint density at radius 2 is 1.55 bits per heavy atom. The highest BCUT2D eigenvalue weighted by molar-refractivity contribution is 5.63. The van der Waals surface area contributed by atoms with Crippen LogP contribution in [-0.2, 0) is 12.6 Å². The molecule has 2 aromatic carbocycles. The maximum absolute atomic E-state index is 13.5. The lowest BCUT2D eigenvalue weighted by Crippen LogP contribution is -2.12. The van der Waals surface area contributed by atoms with Crippen molar-refractivity contribution in [1.82, 2.24) is 9.97 Å². The SMILES string of the molecule is CCOc1ccc(Nc2nc(Nc3ccc(CC(C)C)cc3)ncc2C(F)(F)F)cc1. The average Bonchev–Trinajstić information content (AvgIpc) is 2.70. The van der Waals surface area contributed by atoms with Crippen molar-refractivity contribution in [1.29, 1.82) is 0 Å². The molecule has 0 fully saturated rings. The summed E-state index contributed by atoms with van der Waals surface area (Å²) in [5, 5.41) is 5.70. The van der Waals surface area contributed by atoms with Gasteiger partial charge in [0.15, 0.2) is 0 Å². The minimum absolute atomic E-state index is 0.0676. The van der Waals surface area contributed by atoms with Gasteiger partial charge in [-0.15, -0.1) is 0 Å². The molecule has 8 heteroatoms. The van der Waals surface area contributed by atoms with Gasteiger partial charge in [-0.05, 0) is 61.2 Å². The first kappa shape index (κ1) is 22.4. The van der Waals surface area contributed by atoms with Gasteiger partial charge in [0, 0.05) is 17.6 Å². The van der Waals surface area contributed by atoms with Crippen LogP contribution >= 0.6 is 0 Å². The molecule has 0 saturated heterocycles. The van der Waals surface area contributed by atoms with Crippen LogP contribution in [0.2, 0.25) is 0 Å². The van der Waals surface area contributed by atoms with Crippen LogP contribution in [-0.4, -0.2) is 16.6 Å². The topological polar surface area (TPSA) is 59.1 Å². The van der Waals surface area contributed by atoms with Gasteiger partial charge in [-0.1, -0.05) is 26.0 Å². The number of rotatable bonds is 8. The van der Waals surface area contributed by atoms with Crippen molar-refractivity contribution < 1.29 is 17.9 Å². The molecule has 0 amide bonds. The molecule has 0 saturated carbocycles. The highest BCUT2D eigenvalue weighted by atomic mass is 19.4. The molecule has 0 aliphatic rings. The summed E-state index contributed by atoms with van der Waals surface area (Å²) in [5.41, 5.74) is 1.39. The van der Waals surface area contributed by atoms with Crippen molar-refractivity contribution in [2.45, 2.75) is 33.4 Å². The predicted molar refractivity (Wildman–Crippen MR) is 116 cm³/mol. The Morgan fingerprint density at radius 3 is 2.13 bits per heavy atom. The van der Waals surface area contributed by atoms with Crippen LogP contribution in [0, 0.1) is 5.92 Å². The Hall–Kier alpha value is -3.29. The molecule has 0 radical (unpaired) electrons. The van der Waals surface area contributed by atoms with Crippen LogP contribution in [0.1, 0.15) is 31.9 Å². The highest BCUT2D eigenvalue weighted by Crippen LogP contribution is 2.35. The lowest BCUT2D eigenvalue weighted by molar-refractivity contribution is -0.137. The third-order valence-corrected chi connectivity index (χ3v) is 4.38. The zero-order valence-electron chi connectivity index (χ0n) is 17.6. The molecular weight excluding hydrogens is 405 g/mol. The summed E-state index contributed by atoms with van der Waals surface area (Å²) in [6.45, 7) is 6.64. The molecule has 0 aliphatic carbocycles. The van der Waals surface area contributed by atoms with E-state index in [2.05, 4.69) is 34.4 Å². The number of hydrogen-bond donors (Lipinski definition) is 2. The van der Waals surface area contributed by atoms with E-state index in [0.29, 0.717) is 29.6 Å². The van der Waals surface area contributed by atoms with Crippen LogP contribution in [0.3, 0.4) is 0 Å². The summed E-state index contributed by atoms with van der Waals surface area (Å²) < 4.78 is 45.7. The molecule has 0 aliphatic heterocycles. The van der Waals surface area contributed by atoms with Crippen molar-refractivity contribution in [3.63, 3.8) is 0 Å². The van der Waals surface area contributed by atoms with Crippen molar-refractivity contribution in [2.24, 2.45) is 5.92 Å². The van der Waals surface area contributed by atoms with Crippen molar-refractivity contribution in [3.8, 4) is 5.75 Å². The molecule has 164 valence electrons. The zero-order valence-corrected chi connectivity index (χ0v) is 17.6. The molecule has 0 atom stereocenters. The first-order valence-corrected chi connectivity index (χ1v) is 10.0. The van der Waals surface area contributed by atoms with Crippen LogP contribution in [0.5, 0.6) is 5.75 Å². The van der Waals surface area contributed by atoms with E-state index in [1.807, 2.05) is 31.2 Å². The number of halogens is 3. The zero-order chi connectivity index (χ0) is 22.4. The Labute approximate surface area is 179 Å². The van der Waals surface area contributed by atoms with Gasteiger partial charge in [0.25, 0.3) is 0 Å². The number of anilines is 4. The van der Waals surface area contributed by atoms with Gasteiger partial charge in [0.1, 0.15) is 17.1 Å². The first-order chi connectivity index (χ1) is 14.7. The molecule has 3 rings (SSSR count). The Balaban J connectivity index is 1.83. The Bertz CT molecular complexity index is 987. The van der Waals surface area contributed by atoms with E-state index in [0.717, 1.165) is 12.6 Å². The van der Waals surface area contributed by atoms with E-state index in [1.54, 1.807) is 24.3 Å². The molecule has 3 aromatic rings. The minimum atomic E-state index is -4.59. The maximum atomic E-state index is 13.5. The number of alkyl halides is 3. The van der Waals surface area contributed by atoms with Crippen molar-refractivity contribution in [2.75, 3.05) is 17.2 Å². The summed E-state index contributed by atoms with van der Waals surface area (Å²) >= 11 is 0. The van der Waals surface area contributed by atoms with Gasteiger partial charge in [0.05, 0.1) is 6.61 Å². The second kappa shape index (κ2) is 9.68. The number of benzene rings is 2. The van der Waals surface area contributed by atoms with E-state index in [1.165, 1.54) is 5.56 Å². The van der Waals surface area contributed by atoms with Gasteiger partial charge in [-0.25, -0.2) is 4.98 Å². The minimum Gasteiger partial charge on any atom is -0.494 e. The average molecular weight is 430 g/mol. The Morgan fingerprint density at radius 1 is 0.935 bits per heavy atom. The van der Waals surface area contributed by atoms with Gasteiger partial charge in [-0.3, -0.25) is 0 Å². The predicted octanol–water partition coefficient (Wildman–Crippen LogP) is 6.58. The monoisotopic (exact) mass is 430 g/mol. The van der Waals surface area contributed by atoms with Gasteiger partial charge >= 0.3 is 6.18 Å². The molecular formula is C23H25F3N4O. The number of aromatic nitrogens is 2. The first-order valence-electron chi connectivity index (χ1n) is 10.0. The van der Waals surface area contributed by atoms with Crippen molar-refractivity contribution in [3.05, 3.63) is 65.9 Å². The van der Waals surface area contributed by atoms with E-state index in [4.69, 9.17) is 4.74 Å². The van der Waals surface area contributed by atoms with Gasteiger partial charge in [0.2, 0.25) is 5.95 Å². The fraction of sp³-hybridized carbons (Fsp3) is 0.304. The quantitative estimate of drug-likeness (QED) is 0.423. The molecule has 0 unspecified atom stereocenters. The molecule has 1 aromatic heterocycles. The van der Waals surface area contributed by atoms with Crippen LogP contribution in [0.25, 0.3) is 0 Å². The Kier molecular flexibility index (Phi) is 6.99. The summed E-state index contributed by atoms with van der Waals surface area (Å²) in [7, 11) is 0. The van der Waals surface area contributed by atoms with Gasteiger partial charge < -0.3 is 15.4 Å². The summed E-state index contributed by atoms with van der Waals surface area (Å²) in [6.07, 6.45) is -2.86. The van der Waals surface area contributed by atoms with E-state index >= 15 is 0 Å². The number of nitrogens with zero attached hydrogens (tertiary/aromatic N) is 2. The van der Waals surface area contributed by atoms with E-state index in [-0.39, 0.29) is 11.8 Å². The second-order valence-electron chi connectivity index (χ2n) is 7.46. The summed E-state index contributed by atoms with van der Waals surface area (Å²) in [4.78, 5) is 7.92. The second-order valence-corrected chi connectivity index (χ2v) is 7.46. The van der Waals surface area contributed by atoms with Crippen LogP contribution in [0.4, 0.5) is 36.3 Å². The van der Waals surface area contributed by atoms with Crippen LogP contribution < -0.4 is 15.4 Å². The number of ether oxygens (including phenoxy) is 1. The third-order valence-electron chi connectivity index (χ3n) is 4.38. The molecule has 31 heavy (non-hydrogen) atoms. The summed E-state index contributed by atoms with van der Waals surface area (Å²) in [5.74, 6) is 0.909. The van der Waals surface area contributed by atoms with Crippen molar-refractivity contribution >= 4 is 23.1 Å². The number of hydrogen-bond acceptors (Lipinski definition) is 5. The summed E-state index contributed by atoms with van der Waals surface area (Å²) in [6, 6.07) is 14.3. The smallest absolute Gasteiger partial charge is 0.421 e. The molecule has 1 heterocycles. The lowest BCUT2D eigenvalue weighted by Gasteiger charge is -2.15. The van der Waals surface area contributed by atoms with E-state index < -0.39 is 11.7 Å². The standard InChI is InChI=1S/C23H25F3N4O/c1-4-31-19-11-9-17(10-12-19)28-21-20(23(24,25)26)14-27-22(30-21)29-18-7-5-16(6-8-18)13-15(2)3/h5-12,14-15H,4,13H2,1-3H3,(H2,27,28,29,30). The highest BCUT2D eigenvalue weighted by Gasteiger charge is 2.35. The normalized spacial score (nSPS) is 11.5. The molecule has 5 nitrogen and oxygen atoms in total. The van der Waals surface area contributed by atoms with Crippen LogP contribution in [0.15, 0.2) is 54.7 Å².